The zero-order valence-corrected chi connectivity index (χ0v) is 22.5. The second-order valence-corrected chi connectivity index (χ2v) is 9.48. The van der Waals surface area contributed by atoms with Gasteiger partial charge in [-0.1, -0.05) is 72.3 Å². The molecule has 0 aliphatic carbocycles. The van der Waals surface area contributed by atoms with Gasteiger partial charge in [0.25, 0.3) is 11.8 Å². The van der Waals surface area contributed by atoms with Crippen LogP contribution in [0.4, 0.5) is 11.4 Å². The molecule has 0 atom stereocenters. The number of pyridine rings is 1. The molecular weight excluding hydrogens is 522 g/mol. The summed E-state index contributed by atoms with van der Waals surface area (Å²) in [6.07, 6.45) is 1.66. The molecule has 0 aliphatic rings. The number of halogens is 1. The summed E-state index contributed by atoms with van der Waals surface area (Å²) in [6.45, 7) is 0.341. The van der Waals surface area contributed by atoms with Crippen LogP contribution in [0, 0.1) is 0 Å². The van der Waals surface area contributed by atoms with E-state index in [4.69, 9.17) is 16.3 Å². The van der Waals surface area contributed by atoms with Gasteiger partial charge in [0.1, 0.15) is 12.4 Å². The van der Waals surface area contributed by atoms with E-state index in [0.717, 1.165) is 11.1 Å². The van der Waals surface area contributed by atoms with Gasteiger partial charge in [-0.2, -0.15) is 0 Å². The molecule has 0 aliphatic heterocycles. The van der Waals surface area contributed by atoms with E-state index in [1.165, 1.54) is 4.90 Å². The minimum atomic E-state index is -0.287. The van der Waals surface area contributed by atoms with Crippen LogP contribution >= 0.6 is 11.6 Å². The highest BCUT2D eigenvalue weighted by Crippen LogP contribution is 2.32. The van der Waals surface area contributed by atoms with E-state index in [9.17, 15) is 9.59 Å². The summed E-state index contributed by atoms with van der Waals surface area (Å²) >= 11 is 6.23. The van der Waals surface area contributed by atoms with Gasteiger partial charge in [-0.05, 0) is 54.1 Å². The number of ether oxygens (including phenoxy) is 1. The lowest BCUT2D eigenvalue weighted by Gasteiger charge is -2.21. The third-order valence-electron chi connectivity index (χ3n) is 6.31. The molecule has 6 nitrogen and oxygen atoms in total. The first-order valence-corrected chi connectivity index (χ1v) is 13.0. The van der Waals surface area contributed by atoms with Crippen molar-refractivity contribution in [2.24, 2.45) is 0 Å². The number of aromatic nitrogens is 1. The highest BCUT2D eigenvalue weighted by Gasteiger charge is 2.19. The molecule has 0 fully saturated rings. The van der Waals surface area contributed by atoms with Gasteiger partial charge in [0, 0.05) is 41.1 Å². The van der Waals surface area contributed by atoms with Crippen molar-refractivity contribution in [3.8, 4) is 17.0 Å². The van der Waals surface area contributed by atoms with Gasteiger partial charge in [0.2, 0.25) is 0 Å². The number of anilines is 2. The molecule has 2 amide bonds. The Hall–Kier alpha value is -4.94. The lowest BCUT2D eigenvalue weighted by Crippen LogP contribution is -2.26. The van der Waals surface area contributed by atoms with Crippen LogP contribution in [0.15, 0.2) is 121 Å². The number of rotatable bonds is 8. The van der Waals surface area contributed by atoms with Crippen molar-refractivity contribution in [3.05, 3.63) is 143 Å². The molecule has 1 heterocycles. The Morgan fingerprint density at radius 3 is 2.27 bits per heavy atom. The van der Waals surface area contributed by atoms with E-state index in [-0.39, 0.29) is 11.8 Å². The average molecular weight is 548 g/mol. The lowest BCUT2D eigenvalue weighted by molar-refractivity contribution is 0.0990. The molecule has 40 heavy (non-hydrogen) atoms. The minimum Gasteiger partial charge on any atom is -0.487 e. The molecule has 198 valence electrons. The van der Waals surface area contributed by atoms with E-state index < -0.39 is 0 Å². The Bertz CT molecular complexity index is 1620. The molecule has 1 aromatic heterocycles. The number of carbonyl (C=O) groups is 2. The minimum absolute atomic E-state index is 0.233. The van der Waals surface area contributed by atoms with Crippen LogP contribution in [0.2, 0.25) is 5.02 Å². The Morgan fingerprint density at radius 2 is 1.55 bits per heavy atom. The standard InChI is InChI=1S/C33H26ClN3O3/c1-37(29-19-16-26(34)21-30(29)40-22-23-9-4-2-5-10-23)33(39)25-14-17-27(18-15-25)36-32(38)28-13-8-20-35-31(28)24-11-6-3-7-12-24/h2-21H,22H2,1H3,(H,36,38). The number of hydrogen-bond acceptors (Lipinski definition) is 4. The normalized spacial score (nSPS) is 10.6. The van der Waals surface area contributed by atoms with Crippen LogP contribution in [0.5, 0.6) is 5.75 Å². The first-order valence-electron chi connectivity index (χ1n) is 12.7. The maximum absolute atomic E-state index is 13.4. The van der Waals surface area contributed by atoms with Gasteiger partial charge in [-0.25, -0.2) is 0 Å². The van der Waals surface area contributed by atoms with Gasteiger partial charge >= 0.3 is 0 Å². The number of nitrogens with zero attached hydrogens (tertiary/aromatic N) is 2. The summed E-state index contributed by atoms with van der Waals surface area (Å²) in [5.74, 6) is -0.0188. The zero-order chi connectivity index (χ0) is 27.9. The van der Waals surface area contributed by atoms with Crippen molar-refractivity contribution in [1.29, 1.82) is 0 Å². The van der Waals surface area contributed by atoms with Crippen molar-refractivity contribution in [2.75, 3.05) is 17.3 Å². The summed E-state index contributed by atoms with van der Waals surface area (Å²) in [7, 11) is 1.68. The fourth-order valence-corrected chi connectivity index (χ4v) is 4.39. The number of carbonyl (C=O) groups excluding carboxylic acids is 2. The largest absolute Gasteiger partial charge is 0.487 e. The Balaban J connectivity index is 1.30. The number of benzene rings is 4. The monoisotopic (exact) mass is 547 g/mol. The van der Waals surface area contributed by atoms with Crippen LogP contribution in [0.25, 0.3) is 11.3 Å². The van der Waals surface area contributed by atoms with Gasteiger partial charge < -0.3 is 15.0 Å². The molecule has 7 heteroatoms. The SMILES string of the molecule is CN(C(=O)c1ccc(NC(=O)c2cccnc2-c2ccccc2)cc1)c1ccc(Cl)cc1OCc1ccccc1. The van der Waals surface area contributed by atoms with E-state index in [2.05, 4.69) is 10.3 Å². The van der Waals surface area contributed by atoms with E-state index >= 15 is 0 Å². The third-order valence-corrected chi connectivity index (χ3v) is 6.55. The highest BCUT2D eigenvalue weighted by molar-refractivity contribution is 6.30. The lowest BCUT2D eigenvalue weighted by atomic mass is 10.1. The van der Waals surface area contributed by atoms with Crippen molar-refractivity contribution >= 4 is 34.8 Å². The zero-order valence-electron chi connectivity index (χ0n) is 21.8. The summed E-state index contributed by atoms with van der Waals surface area (Å²) in [5.41, 5.74) is 4.52. The van der Waals surface area contributed by atoms with Gasteiger partial charge in [0.15, 0.2) is 0 Å². The number of amides is 2. The fraction of sp³-hybridized carbons (Fsp3) is 0.0606. The summed E-state index contributed by atoms with van der Waals surface area (Å²) in [4.78, 5) is 32.4. The summed E-state index contributed by atoms with van der Waals surface area (Å²) in [5, 5.41) is 3.42. The van der Waals surface area contributed by atoms with Crippen LogP contribution in [0.1, 0.15) is 26.3 Å². The number of nitrogens with one attached hydrogen (secondary N) is 1. The van der Waals surface area contributed by atoms with E-state index in [1.807, 2.05) is 60.7 Å². The second kappa shape index (κ2) is 12.3. The maximum atomic E-state index is 13.4. The smallest absolute Gasteiger partial charge is 0.258 e. The molecule has 5 aromatic rings. The molecule has 0 spiro atoms. The van der Waals surface area contributed by atoms with E-state index in [1.54, 1.807) is 67.8 Å². The topological polar surface area (TPSA) is 71.5 Å². The number of hydrogen-bond donors (Lipinski definition) is 1. The molecule has 0 saturated carbocycles. The molecule has 5 rings (SSSR count). The van der Waals surface area contributed by atoms with Crippen LogP contribution < -0.4 is 15.0 Å². The first-order chi connectivity index (χ1) is 19.5. The predicted molar refractivity (Wildman–Crippen MR) is 159 cm³/mol. The van der Waals surface area contributed by atoms with Gasteiger partial charge in [0.05, 0.1) is 16.9 Å². The quantitative estimate of drug-likeness (QED) is 0.218. The van der Waals surface area contributed by atoms with Crippen molar-refractivity contribution in [3.63, 3.8) is 0 Å². The molecule has 0 saturated heterocycles. The van der Waals surface area contributed by atoms with Crippen LogP contribution in [0.3, 0.4) is 0 Å². The van der Waals surface area contributed by atoms with Crippen molar-refractivity contribution in [2.45, 2.75) is 6.61 Å². The Labute approximate surface area is 237 Å². The molecular formula is C33H26ClN3O3. The molecule has 1 N–H and O–H groups in total. The van der Waals surface area contributed by atoms with E-state index in [0.29, 0.717) is 45.6 Å². The van der Waals surface area contributed by atoms with Gasteiger partial charge in [-0.3, -0.25) is 14.6 Å². The molecule has 4 aromatic carbocycles. The summed E-state index contributed by atoms with van der Waals surface area (Å²) in [6, 6.07) is 34.7. The average Bonchev–Trinajstić information content (AvgIpc) is 3.00. The third kappa shape index (κ3) is 6.20. The molecule has 0 radical (unpaired) electrons. The van der Waals surface area contributed by atoms with Crippen LogP contribution in [-0.4, -0.2) is 23.8 Å². The van der Waals surface area contributed by atoms with Crippen molar-refractivity contribution < 1.29 is 14.3 Å². The highest BCUT2D eigenvalue weighted by atomic mass is 35.5. The van der Waals surface area contributed by atoms with Crippen LogP contribution in [-0.2, 0) is 6.61 Å². The summed E-state index contributed by atoms with van der Waals surface area (Å²) < 4.78 is 6.03. The molecule has 0 unspecified atom stereocenters. The fourth-order valence-electron chi connectivity index (χ4n) is 4.23. The van der Waals surface area contributed by atoms with Crippen molar-refractivity contribution in [1.82, 2.24) is 4.98 Å². The first kappa shape index (κ1) is 26.7. The van der Waals surface area contributed by atoms with Gasteiger partial charge in [-0.15, -0.1) is 0 Å². The predicted octanol–water partition coefficient (Wildman–Crippen LogP) is 7.51. The Morgan fingerprint density at radius 1 is 0.850 bits per heavy atom. The molecule has 0 bridgehead atoms. The second-order valence-electron chi connectivity index (χ2n) is 9.05. The Kier molecular flexibility index (Phi) is 8.18. The maximum Gasteiger partial charge on any atom is 0.258 e.